The lowest BCUT2D eigenvalue weighted by Crippen LogP contribution is -2.22. The van der Waals surface area contributed by atoms with Gasteiger partial charge in [-0.15, -0.1) is 0 Å². The van der Waals surface area contributed by atoms with E-state index in [1.165, 1.54) is 17.7 Å². The Kier molecular flexibility index (Phi) is 4.97. The van der Waals surface area contributed by atoms with Crippen molar-refractivity contribution >= 4 is 15.2 Å². The molecule has 0 fully saturated rings. The van der Waals surface area contributed by atoms with Gasteiger partial charge < -0.3 is 9.42 Å². The van der Waals surface area contributed by atoms with Gasteiger partial charge in [0.1, 0.15) is 11.6 Å². The number of benzene rings is 2. The zero-order chi connectivity index (χ0) is 14.5. The first kappa shape index (κ1) is 14.8. The Morgan fingerprint density at radius 2 is 1.70 bits per heavy atom. The van der Waals surface area contributed by atoms with Crippen LogP contribution in [-0.2, 0) is 0 Å². The zero-order valence-corrected chi connectivity index (χ0v) is 12.9. The van der Waals surface area contributed by atoms with E-state index in [2.05, 4.69) is 33.4 Å². The highest BCUT2D eigenvalue weighted by atomic mass is 31.0. The molecule has 20 heavy (non-hydrogen) atoms. The molecule has 0 saturated carbocycles. The lowest BCUT2D eigenvalue weighted by molar-refractivity contribution is 0.627. The van der Waals surface area contributed by atoms with Crippen molar-refractivity contribution in [3.63, 3.8) is 0 Å². The van der Waals surface area contributed by atoms with Crippen molar-refractivity contribution in [1.82, 2.24) is 0 Å². The van der Waals surface area contributed by atoms with Crippen LogP contribution in [0.4, 0.5) is 10.1 Å². The summed E-state index contributed by atoms with van der Waals surface area (Å²) >= 11 is 0. The van der Waals surface area contributed by atoms with E-state index in [1.54, 1.807) is 12.1 Å². The largest absolute Gasteiger partial charge is 0.480 e. The van der Waals surface area contributed by atoms with Gasteiger partial charge in [-0.25, -0.2) is 4.39 Å². The highest BCUT2D eigenvalue weighted by Crippen LogP contribution is 2.23. The van der Waals surface area contributed by atoms with E-state index < -0.39 is 0 Å². The molecule has 2 atom stereocenters. The molecule has 2 unspecified atom stereocenters. The Labute approximate surface area is 121 Å². The normalized spacial score (nSPS) is 12.0. The lowest BCUT2D eigenvalue weighted by atomic mass is 10.0. The number of rotatable bonds is 5. The summed E-state index contributed by atoms with van der Waals surface area (Å²) in [7, 11) is 4.26. The maximum Gasteiger partial charge on any atom is 0.123 e. The van der Waals surface area contributed by atoms with Crippen molar-refractivity contribution in [3.05, 3.63) is 59.9 Å². The predicted octanol–water partition coefficient (Wildman–Crippen LogP) is 4.23. The maximum atomic E-state index is 12.9. The van der Waals surface area contributed by atoms with Crippen LogP contribution in [0.25, 0.3) is 0 Å². The van der Waals surface area contributed by atoms with E-state index in [1.807, 2.05) is 19.2 Å². The SMILES string of the molecule is CC(CN(C)c1ccc(F)cc1)c1ccc(OP)cc1. The Hall–Kier alpha value is -1.60. The first-order valence-electron chi connectivity index (χ1n) is 6.53. The number of halogens is 1. The fourth-order valence-electron chi connectivity index (χ4n) is 2.19. The second-order valence-electron chi connectivity index (χ2n) is 4.94. The minimum absolute atomic E-state index is 0.205. The molecule has 0 saturated heterocycles. The zero-order valence-electron chi connectivity index (χ0n) is 11.7. The quantitative estimate of drug-likeness (QED) is 0.764. The number of hydrogen-bond acceptors (Lipinski definition) is 2. The smallest absolute Gasteiger partial charge is 0.123 e. The number of likely N-dealkylation sites (N-methyl/N-ethyl adjacent to an activating group) is 1. The summed E-state index contributed by atoms with van der Waals surface area (Å²) in [5.74, 6) is 1.00. The fraction of sp³-hybridized carbons (Fsp3) is 0.250. The monoisotopic (exact) mass is 291 g/mol. The van der Waals surface area contributed by atoms with Gasteiger partial charge in [0.15, 0.2) is 0 Å². The second kappa shape index (κ2) is 6.71. The molecule has 0 bridgehead atoms. The number of hydrogen-bond donors (Lipinski definition) is 0. The summed E-state index contributed by atoms with van der Waals surface area (Å²) in [5.41, 5.74) is 2.27. The van der Waals surface area contributed by atoms with Crippen LogP contribution in [0.15, 0.2) is 48.5 Å². The molecule has 0 aliphatic heterocycles. The average Bonchev–Trinajstić information content (AvgIpc) is 2.48. The summed E-state index contributed by atoms with van der Waals surface area (Å²) in [6, 6.07) is 14.6. The van der Waals surface area contributed by atoms with Crippen molar-refractivity contribution in [3.8, 4) is 5.75 Å². The molecular formula is C16H19FNOP. The first-order valence-corrected chi connectivity index (χ1v) is 7.00. The van der Waals surface area contributed by atoms with E-state index >= 15 is 0 Å². The topological polar surface area (TPSA) is 12.5 Å². The Morgan fingerprint density at radius 3 is 2.25 bits per heavy atom. The van der Waals surface area contributed by atoms with Crippen molar-refractivity contribution in [2.24, 2.45) is 0 Å². The fourth-order valence-corrected chi connectivity index (χ4v) is 2.35. The van der Waals surface area contributed by atoms with Gasteiger partial charge in [0.25, 0.3) is 0 Å². The Bertz CT molecular complexity index is 541. The van der Waals surface area contributed by atoms with E-state index in [4.69, 9.17) is 4.52 Å². The van der Waals surface area contributed by atoms with Crippen LogP contribution >= 0.6 is 9.47 Å². The van der Waals surface area contributed by atoms with E-state index in [0.717, 1.165) is 18.0 Å². The maximum absolute atomic E-state index is 12.9. The van der Waals surface area contributed by atoms with Crippen molar-refractivity contribution in [2.45, 2.75) is 12.8 Å². The van der Waals surface area contributed by atoms with Gasteiger partial charge in [-0.3, -0.25) is 0 Å². The first-order chi connectivity index (χ1) is 9.60. The molecule has 0 radical (unpaired) electrons. The third-order valence-electron chi connectivity index (χ3n) is 3.40. The third-order valence-corrected chi connectivity index (χ3v) is 3.67. The van der Waals surface area contributed by atoms with Gasteiger partial charge in [-0.1, -0.05) is 19.1 Å². The predicted molar refractivity (Wildman–Crippen MR) is 84.9 cm³/mol. The van der Waals surface area contributed by atoms with E-state index in [9.17, 15) is 4.39 Å². The second-order valence-corrected chi connectivity index (χ2v) is 5.18. The highest BCUT2D eigenvalue weighted by Gasteiger charge is 2.10. The Morgan fingerprint density at radius 1 is 1.10 bits per heavy atom. The van der Waals surface area contributed by atoms with Gasteiger partial charge in [-0.2, -0.15) is 0 Å². The van der Waals surface area contributed by atoms with Gasteiger partial charge >= 0.3 is 0 Å². The summed E-state index contributed by atoms with van der Waals surface area (Å²) in [4.78, 5) is 2.13. The van der Waals surface area contributed by atoms with E-state index in [0.29, 0.717) is 5.92 Å². The molecule has 2 aromatic carbocycles. The van der Waals surface area contributed by atoms with Crippen LogP contribution in [0.5, 0.6) is 5.75 Å². The minimum Gasteiger partial charge on any atom is -0.480 e. The van der Waals surface area contributed by atoms with Gasteiger partial charge in [0.2, 0.25) is 0 Å². The lowest BCUT2D eigenvalue weighted by Gasteiger charge is -2.24. The van der Waals surface area contributed by atoms with Crippen LogP contribution < -0.4 is 9.42 Å². The molecule has 0 N–H and O–H groups in total. The molecule has 0 amide bonds. The molecular weight excluding hydrogens is 272 g/mol. The summed E-state index contributed by atoms with van der Waals surface area (Å²) in [6.45, 7) is 3.04. The Balaban J connectivity index is 2.02. The molecule has 2 nitrogen and oxygen atoms in total. The van der Waals surface area contributed by atoms with Crippen molar-refractivity contribution in [1.29, 1.82) is 0 Å². The molecule has 106 valence electrons. The number of nitrogens with zero attached hydrogens (tertiary/aromatic N) is 1. The molecule has 0 heterocycles. The standard InChI is InChI=1S/C16H19FNOP/c1-12(13-3-9-16(19-20)10-4-13)11-18(2)15-7-5-14(17)6-8-15/h3-10,12H,11,20H2,1-2H3. The van der Waals surface area contributed by atoms with Crippen LogP contribution in [0.1, 0.15) is 18.4 Å². The van der Waals surface area contributed by atoms with Crippen LogP contribution in [0.2, 0.25) is 0 Å². The molecule has 0 spiro atoms. The van der Waals surface area contributed by atoms with Gasteiger partial charge in [0.05, 0.1) is 9.47 Å². The molecule has 2 rings (SSSR count). The molecule has 0 aliphatic rings. The number of anilines is 1. The minimum atomic E-state index is -0.205. The van der Waals surface area contributed by atoms with Crippen LogP contribution in [0.3, 0.4) is 0 Å². The summed E-state index contributed by atoms with van der Waals surface area (Å²) in [5, 5.41) is 0. The average molecular weight is 291 g/mol. The van der Waals surface area contributed by atoms with E-state index in [-0.39, 0.29) is 5.82 Å². The third kappa shape index (κ3) is 3.71. The van der Waals surface area contributed by atoms with Crippen molar-refractivity contribution in [2.75, 3.05) is 18.5 Å². The van der Waals surface area contributed by atoms with Gasteiger partial charge in [0, 0.05) is 19.3 Å². The summed E-state index contributed by atoms with van der Waals surface area (Å²) in [6.07, 6.45) is 0. The highest BCUT2D eigenvalue weighted by molar-refractivity contribution is 7.10. The molecule has 2 aromatic rings. The van der Waals surface area contributed by atoms with Crippen LogP contribution in [0, 0.1) is 5.82 Å². The van der Waals surface area contributed by atoms with Gasteiger partial charge in [-0.05, 0) is 47.9 Å². The van der Waals surface area contributed by atoms with Crippen molar-refractivity contribution < 1.29 is 8.91 Å². The van der Waals surface area contributed by atoms with Crippen LogP contribution in [-0.4, -0.2) is 13.6 Å². The molecule has 4 heteroatoms. The summed E-state index contributed by atoms with van der Waals surface area (Å²) < 4.78 is 18.0. The molecule has 0 aliphatic carbocycles. The molecule has 0 aromatic heterocycles.